The minimum atomic E-state index is -0.750. The van der Waals surface area contributed by atoms with Crippen molar-refractivity contribution < 1.29 is 22.7 Å². The van der Waals surface area contributed by atoms with Gasteiger partial charge in [0.25, 0.3) is 0 Å². The van der Waals surface area contributed by atoms with Crippen LogP contribution in [-0.2, 0) is 23.6 Å². The average molecular weight is 451 g/mol. The van der Waals surface area contributed by atoms with Crippen molar-refractivity contribution in [3.63, 3.8) is 0 Å². The van der Waals surface area contributed by atoms with Gasteiger partial charge < -0.3 is 4.74 Å². The molecule has 0 atom stereocenters. The SMILES string of the molecule is CC(=O)c1ccc(C(C)(C)Oc2cccc(C(=O)Cc3ccc(C)cc3)c2)cc1.O=S=O. The van der Waals surface area contributed by atoms with E-state index in [1.165, 1.54) is 5.56 Å². The van der Waals surface area contributed by atoms with E-state index in [9.17, 15) is 9.59 Å². The summed E-state index contributed by atoms with van der Waals surface area (Å²) in [6.45, 7) is 7.52. The van der Waals surface area contributed by atoms with E-state index in [0.717, 1.165) is 11.1 Å². The minimum absolute atomic E-state index is 0.0371. The summed E-state index contributed by atoms with van der Waals surface area (Å²) < 4.78 is 22.8. The van der Waals surface area contributed by atoms with Crippen molar-refractivity contribution in [1.82, 2.24) is 0 Å². The lowest BCUT2D eigenvalue weighted by atomic mass is 9.96. The van der Waals surface area contributed by atoms with Crippen molar-refractivity contribution in [1.29, 1.82) is 0 Å². The van der Waals surface area contributed by atoms with Gasteiger partial charge in [-0.25, -0.2) is 0 Å². The molecule has 0 aliphatic carbocycles. The largest absolute Gasteiger partial charge is 0.483 e. The Kier molecular flexibility index (Phi) is 8.79. The number of carbonyl (C=O) groups is 2. The Balaban J connectivity index is 0.00000114. The lowest BCUT2D eigenvalue weighted by molar-refractivity contribution is 0.0982. The van der Waals surface area contributed by atoms with Gasteiger partial charge in [-0.15, -0.1) is 0 Å². The van der Waals surface area contributed by atoms with E-state index in [-0.39, 0.29) is 11.6 Å². The van der Waals surface area contributed by atoms with Gasteiger partial charge in [0.1, 0.15) is 11.4 Å². The molecule has 0 aliphatic rings. The zero-order valence-corrected chi connectivity index (χ0v) is 19.4. The number of benzene rings is 3. The van der Waals surface area contributed by atoms with Crippen molar-refractivity contribution in [2.24, 2.45) is 0 Å². The standard InChI is InChI=1S/C26H26O3.O2S/c1-18-8-10-20(11-9-18)16-25(28)22-6-5-7-24(17-22)29-26(3,4)23-14-12-21(13-15-23)19(2)27;1-3-2/h5-15,17H,16H2,1-4H3;. The number of Topliss-reactive ketones (excluding diaryl/α,β-unsaturated/α-hetero) is 2. The summed E-state index contributed by atoms with van der Waals surface area (Å²) in [5.41, 5.74) is 3.83. The lowest BCUT2D eigenvalue weighted by Crippen LogP contribution is -2.25. The van der Waals surface area contributed by atoms with Gasteiger partial charge in [-0.3, -0.25) is 9.59 Å². The first kappa shape index (κ1) is 24.9. The van der Waals surface area contributed by atoms with Crippen LogP contribution in [0, 0.1) is 6.92 Å². The molecule has 0 aliphatic heterocycles. The zero-order valence-electron chi connectivity index (χ0n) is 18.6. The van der Waals surface area contributed by atoms with E-state index < -0.39 is 17.2 Å². The van der Waals surface area contributed by atoms with Gasteiger partial charge in [0.05, 0.1) is 0 Å². The second kappa shape index (κ2) is 11.3. The average Bonchev–Trinajstić information content (AvgIpc) is 2.76. The van der Waals surface area contributed by atoms with Gasteiger partial charge >= 0.3 is 11.6 Å². The molecule has 0 radical (unpaired) electrons. The molecule has 166 valence electrons. The van der Waals surface area contributed by atoms with Crippen molar-refractivity contribution in [2.45, 2.75) is 39.7 Å². The predicted molar refractivity (Wildman–Crippen MR) is 125 cm³/mol. The van der Waals surface area contributed by atoms with Crippen molar-refractivity contribution in [2.75, 3.05) is 0 Å². The molecule has 0 fully saturated rings. The van der Waals surface area contributed by atoms with Gasteiger partial charge in [0.2, 0.25) is 0 Å². The molecule has 0 saturated heterocycles. The molecule has 0 bridgehead atoms. The summed E-state index contributed by atoms with van der Waals surface area (Å²) in [4.78, 5) is 24.2. The minimum Gasteiger partial charge on any atom is -0.483 e. The Labute approximate surface area is 192 Å². The molecule has 3 aromatic rings. The smallest absolute Gasteiger partial charge is 0.335 e. The van der Waals surface area contributed by atoms with Crippen molar-refractivity contribution in [3.8, 4) is 5.75 Å². The van der Waals surface area contributed by atoms with E-state index in [4.69, 9.17) is 13.2 Å². The highest BCUT2D eigenvalue weighted by Crippen LogP contribution is 2.28. The second-order valence-electron chi connectivity index (χ2n) is 7.93. The number of carbonyl (C=O) groups excluding carboxylic acids is 2. The first-order chi connectivity index (χ1) is 15.2. The predicted octanol–water partition coefficient (Wildman–Crippen LogP) is 5.27. The number of hydrogen-bond donors (Lipinski definition) is 0. The van der Waals surface area contributed by atoms with E-state index in [2.05, 4.69) is 0 Å². The number of hydrogen-bond acceptors (Lipinski definition) is 5. The molecular formula is C26H26O5S. The normalized spacial score (nSPS) is 10.5. The highest BCUT2D eigenvalue weighted by Gasteiger charge is 2.23. The van der Waals surface area contributed by atoms with Crippen LogP contribution >= 0.6 is 0 Å². The summed E-state index contributed by atoms with van der Waals surface area (Å²) >= 11 is -0.750. The highest BCUT2D eigenvalue weighted by atomic mass is 32.1. The maximum absolute atomic E-state index is 12.7. The molecule has 3 rings (SSSR count). The fourth-order valence-electron chi connectivity index (χ4n) is 3.19. The molecule has 3 aromatic carbocycles. The van der Waals surface area contributed by atoms with Gasteiger partial charge in [-0.1, -0.05) is 66.2 Å². The zero-order chi connectivity index (χ0) is 23.7. The van der Waals surface area contributed by atoms with Crippen LogP contribution < -0.4 is 4.74 Å². The fraction of sp³-hybridized carbons (Fsp3) is 0.231. The van der Waals surface area contributed by atoms with Gasteiger partial charge in [-0.05, 0) is 51.0 Å². The lowest BCUT2D eigenvalue weighted by Gasteiger charge is -2.27. The Bertz CT molecular complexity index is 1110. The molecular weight excluding hydrogens is 424 g/mol. The summed E-state index contributed by atoms with van der Waals surface area (Å²) in [5.74, 6) is 0.735. The van der Waals surface area contributed by atoms with Gasteiger partial charge in [0.15, 0.2) is 11.6 Å². The molecule has 0 spiro atoms. The maximum Gasteiger partial charge on any atom is 0.335 e. The number of rotatable bonds is 7. The number of ether oxygens (including phenoxy) is 1. The Morgan fingerprint density at radius 2 is 1.47 bits per heavy atom. The van der Waals surface area contributed by atoms with Crippen LogP contribution in [0.1, 0.15) is 58.2 Å². The quantitative estimate of drug-likeness (QED) is 0.459. The Hall–Kier alpha value is -3.38. The van der Waals surface area contributed by atoms with Crippen molar-refractivity contribution >= 4 is 23.1 Å². The molecule has 0 amide bonds. The summed E-state index contributed by atoms with van der Waals surface area (Å²) in [6, 6.07) is 22.7. The third-order valence-corrected chi connectivity index (χ3v) is 5.00. The van der Waals surface area contributed by atoms with Crippen LogP contribution in [0.2, 0.25) is 0 Å². The topological polar surface area (TPSA) is 77.5 Å². The maximum atomic E-state index is 12.7. The van der Waals surface area contributed by atoms with E-state index in [1.807, 2.05) is 87.5 Å². The summed E-state index contributed by atoms with van der Waals surface area (Å²) in [7, 11) is 0. The third-order valence-electron chi connectivity index (χ3n) is 5.00. The van der Waals surface area contributed by atoms with E-state index in [1.54, 1.807) is 13.0 Å². The van der Waals surface area contributed by atoms with Crippen LogP contribution in [0.15, 0.2) is 72.8 Å². The highest BCUT2D eigenvalue weighted by molar-refractivity contribution is 7.51. The third kappa shape index (κ3) is 7.10. The molecule has 32 heavy (non-hydrogen) atoms. The molecule has 0 N–H and O–H groups in total. The summed E-state index contributed by atoms with van der Waals surface area (Å²) in [6.07, 6.45) is 0.361. The van der Waals surface area contributed by atoms with E-state index in [0.29, 0.717) is 23.3 Å². The van der Waals surface area contributed by atoms with Crippen molar-refractivity contribution in [3.05, 3.63) is 101 Å². The number of ketones is 2. The molecule has 6 heteroatoms. The van der Waals surface area contributed by atoms with Gasteiger partial charge in [-0.2, -0.15) is 8.42 Å². The number of aryl methyl sites for hydroxylation is 1. The molecule has 0 aromatic heterocycles. The van der Waals surface area contributed by atoms with Crippen LogP contribution in [0.5, 0.6) is 5.75 Å². The van der Waals surface area contributed by atoms with E-state index >= 15 is 0 Å². The molecule has 0 heterocycles. The Morgan fingerprint density at radius 3 is 2.03 bits per heavy atom. The second-order valence-corrected chi connectivity index (χ2v) is 8.06. The first-order valence-corrected chi connectivity index (χ1v) is 10.7. The monoisotopic (exact) mass is 450 g/mol. The Morgan fingerprint density at radius 1 is 0.875 bits per heavy atom. The fourth-order valence-corrected chi connectivity index (χ4v) is 3.19. The van der Waals surface area contributed by atoms with Gasteiger partial charge in [0, 0.05) is 17.5 Å². The van der Waals surface area contributed by atoms with Crippen LogP contribution in [0.4, 0.5) is 0 Å². The van der Waals surface area contributed by atoms with Crippen LogP contribution in [-0.4, -0.2) is 20.0 Å². The first-order valence-electron chi connectivity index (χ1n) is 10.1. The van der Waals surface area contributed by atoms with Crippen LogP contribution in [0.25, 0.3) is 0 Å². The summed E-state index contributed by atoms with van der Waals surface area (Å²) in [5, 5.41) is 0. The molecule has 5 nitrogen and oxygen atoms in total. The molecule has 0 unspecified atom stereocenters. The van der Waals surface area contributed by atoms with Crippen LogP contribution in [0.3, 0.4) is 0 Å². The molecule has 0 saturated carbocycles.